The number of nitrogens with zero attached hydrogens (tertiary/aromatic N) is 2. The molecule has 1 N–H and O–H groups in total. The van der Waals surface area contributed by atoms with Crippen molar-refractivity contribution in [3.05, 3.63) is 65.2 Å². The van der Waals surface area contributed by atoms with Gasteiger partial charge in [-0.1, -0.05) is 18.2 Å². The van der Waals surface area contributed by atoms with Gasteiger partial charge in [0.1, 0.15) is 5.60 Å². The second-order valence-corrected chi connectivity index (χ2v) is 8.97. The molecule has 0 aromatic heterocycles. The van der Waals surface area contributed by atoms with E-state index in [1.54, 1.807) is 17.0 Å². The predicted molar refractivity (Wildman–Crippen MR) is 119 cm³/mol. The number of amides is 2. The zero-order valence-corrected chi connectivity index (χ0v) is 18.9. The van der Waals surface area contributed by atoms with Crippen molar-refractivity contribution < 1.29 is 27.5 Å². The van der Waals surface area contributed by atoms with Gasteiger partial charge >= 0.3 is 12.3 Å². The van der Waals surface area contributed by atoms with Crippen LogP contribution in [0.2, 0.25) is 0 Å². The molecule has 1 heterocycles. The number of ether oxygens (including phenoxy) is 1. The molecule has 1 fully saturated rings. The summed E-state index contributed by atoms with van der Waals surface area (Å²) in [6.07, 6.45) is -4.81. The third-order valence-corrected chi connectivity index (χ3v) is 5.09. The summed E-state index contributed by atoms with van der Waals surface area (Å²) in [6, 6.07) is 11.5. The van der Waals surface area contributed by atoms with Crippen molar-refractivity contribution in [2.75, 3.05) is 31.5 Å². The number of nitrogens with one attached hydrogen (secondary N) is 1. The van der Waals surface area contributed by atoms with Gasteiger partial charge in [0.2, 0.25) is 0 Å². The van der Waals surface area contributed by atoms with Crippen molar-refractivity contribution >= 4 is 17.7 Å². The van der Waals surface area contributed by atoms with Crippen LogP contribution in [0.25, 0.3) is 0 Å². The lowest BCUT2D eigenvalue weighted by molar-refractivity contribution is -0.137. The number of benzene rings is 2. The summed E-state index contributed by atoms with van der Waals surface area (Å²) in [4.78, 5) is 28.4. The normalized spacial score (nSPS) is 15.3. The highest BCUT2D eigenvalue weighted by Crippen LogP contribution is 2.29. The summed E-state index contributed by atoms with van der Waals surface area (Å²) in [5, 5.41) is 2.63. The Bertz CT molecular complexity index is 977. The highest BCUT2D eigenvalue weighted by atomic mass is 19.4. The van der Waals surface area contributed by atoms with Crippen molar-refractivity contribution in [3.63, 3.8) is 0 Å². The number of hydrogen-bond acceptors (Lipinski definition) is 4. The molecule has 9 heteroatoms. The number of halogens is 3. The molecule has 178 valence electrons. The van der Waals surface area contributed by atoms with Gasteiger partial charge in [-0.05, 0) is 56.7 Å². The molecular weight excluding hydrogens is 435 g/mol. The van der Waals surface area contributed by atoms with Crippen LogP contribution in [-0.2, 0) is 17.5 Å². The maximum absolute atomic E-state index is 12.9. The van der Waals surface area contributed by atoms with Crippen molar-refractivity contribution in [1.82, 2.24) is 9.80 Å². The van der Waals surface area contributed by atoms with Crippen LogP contribution in [0.3, 0.4) is 0 Å². The number of carbonyl (C=O) groups excluding carboxylic acids is 2. The maximum Gasteiger partial charge on any atom is 0.416 e. The van der Waals surface area contributed by atoms with E-state index < -0.39 is 23.2 Å². The molecule has 0 radical (unpaired) electrons. The Kier molecular flexibility index (Phi) is 7.31. The van der Waals surface area contributed by atoms with E-state index in [1.807, 2.05) is 32.9 Å². The van der Waals surface area contributed by atoms with E-state index in [4.69, 9.17) is 4.74 Å². The molecule has 2 aromatic rings. The lowest BCUT2D eigenvalue weighted by Gasteiger charge is -2.35. The van der Waals surface area contributed by atoms with Crippen LogP contribution >= 0.6 is 0 Å². The van der Waals surface area contributed by atoms with E-state index in [9.17, 15) is 22.8 Å². The van der Waals surface area contributed by atoms with Crippen molar-refractivity contribution in [1.29, 1.82) is 0 Å². The maximum atomic E-state index is 12.9. The van der Waals surface area contributed by atoms with Gasteiger partial charge in [0.25, 0.3) is 5.91 Å². The minimum atomic E-state index is -4.50. The summed E-state index contributed by atoms with van der Waals surface area (Å²) < 4.78 is 44.0. The van der Waals surface area contributed by atoms with Gasteiger partial charge in [0.05, 0.1) is 5.56 Å². The summed E-state index contributed by atoms with van der Waals surface area (Å²) in [7, 11) is 0. The Hall–Kier alpha value is -3.07. The van der Waals surface area contributed by atoms with Gasteiger partial charge in [0.15, 0.2) is 0 Å². The van der Waals surface area contributed by atoms with Crippen LogP contribution in [0.4, 0.5) is 23.7 Å². The first-order valence-corrected chi connectivity index (χ1v) is 10.7. The topological polar surface area (TPSA) is 61.9 Å². The van der Waals surface area contributed by atoms with Crippen LogP contribution in [-0.4, -0.2) is 53.6 Å². The summed E-state index contributed by atoms with van der Waals surface area (Å²) in [5.74, 6) is -0.605. The molecule has 1 aliphatic rings. The Morgan fingerprint density at radius 1 is 0.970 bits per heavy atom. The van der Waals surface area contributed by atoms with Gasteiger partial charge in [0, 0.05) is 44.0 Å². The highest BCUT2D eigenvalue weighted by Gasteiger charge is 2.31. The first kappa shape index (κ1) is 24.6. The van der Waals surface area contributed by atoms with Gasteiger partial charge in [-0.2, -0.15) is 13.2 Å². The third-order valence-electron chi connectivity index (χ3n) is 5.09. The Morgan fingerprint density at radius 2 is 1.61 bits per heavy atom. The molecule has 0 aliphatic carbocycles. The average Bonchev–Trinajstić information content (AvgIpc) is 2.74. The van der Waals surface area contributed by atoms with E-state index in [0.717, 1.165) is 17.7 Å². The lowest BCUT2D eigenvalue weighted by Crippen LogP contribution is -2.49. The second-order valence-electron chi connectivity index (χ2n) is 8.97. The molecule has 0 atom stereocenters. The SMILES string of the molecule is CC(C)(C)OC(=O)N1CCN(Cc2ccc(NC(=O)c3cccc(C(F)(F)F)c3)cc2)CC1. The molecule has 33 heavy (non-hydrogen) atoms. The highest BCUT2D eigenvalue weighted by molar-refractivity contribution is 6.04. The van der Waals surface area contributed by atoms with E-state index in [-0.39, 0.29) is 11.7 Å². The van der Waals surface area contributed by atoms with Crippen LogP contribution < -0.4 is 5.32 Å². The number of anilines is 1. The first-order chi connectivity index (χ1) is 15.4. The van der Waals surface area contributed by atoms with Gasteiger partial charge in [-0.25, -0.2) is 4.79 Å². The molecule has 0 bridgehead atoms. The first-order valence-electron chi connectivity index (χ1n) is 10.7. The number of carbonyl (C=O) groups is 2. The monoisotopic (exact) mass is 463 g/mol. The Labute approximate surface area is 191 Å². The fourth-order valence-corrected chi connectivity index (χ4v) is 3.41. The van der Waals surface area contributed by atoms with Gasteiger partial charge < -0.3 is 15.0 Å². The number of rotatable bonds is 4. The zero-order chi connectivity index (χ0) is 24.2. The molecule has 0 saturated carbocycles. The van der Waals surface area contributed by atoms with E-state index in [0.29, 0.717) is 38.4 Å². The Morgan fingerprint density at radius 3 is 2.18 bits per heavy atom. The van der Waals surface area contributed by atoms with Gasteiger partial charge in [-0.15, -0.1) is 0 Å². The van der Waals surface area contributed by atoms with Crippen LogP contribution in [0, 0.1) is 0 Å². The minimum Gasteiger partial charge on any atom is -0.444 e. The van der Waals surface area contributed by atoms with Crippen LogP contribution in [0.5, 0.6) is 0 Å². The largest absolute Gasteiger partial charge is 0.444 e. The fraction of sp³-hybridized carbons (Fsp3) is 0.417. The smallest absolute Gasteiger partial charge is 0.416 e. The molecule has 0 unspecified atom stereocenters. The number of piperazine rings is 1. The summed E-state index contributed by atoms with van der Waals surface area (Å²) in [6.45, 7) is 8.80. The van der Waals surface area contributed by atoms with Crippen LogP contribution in [0.15, 0.2) is 48.5 Å². The third kappa shape index (κ3) is 7.21. The quantitative estimate of drug-likeness (QED) is 0.693. The minimum absolute atomic E-state index is 0.0586. The van der Waals surface area contributed by atoms with Crippen molar-refractivity contribution in [3.8, 4) is 0 Å². The molecule has 6 nitrogen and oxygen atoms in total. The van der Waals surface area contributed by atoms with Crippen molar-refractivity contribution in [2.24, 2.45) is 0 Å². The van der Waals surface area contributed by atoms with E-state index in [2.05, 4.69) is 10.2 Å². The molecule has 0 spiro atoms. The second kappa shape index (κ2) is 9.82. The van der Waals surface area contributed by atoms with Crippen molar-refractivity contribution in [2.45, 2.75) is 39.1 Å². The van der Waals surface area contributed by atoms with E-state index in [1.165, 1.54) is 12.1 Å². The zero-order valence-electron chi connectivity index (χ0n) is 18.9. The fourth-order valence-electron chi connectivity index (χ4n) is 3.41. The van der Waals surface area contributed by atoms with Crippen LogP contribution in [0.1, 0.15) is 42.3 Å². The molecular formula is C24H28F3N3O3. The molecule has 3 rings (SSSR count). The van der Waals surface area contributed by atoms with Gasteiger partial charge in [-0.3, -0.25) is 9.69 Å². The van der Waals surface area contributed by atoms with E-state index >= 15 is 0 Å². The standard InChI is InChI=1S/C24H28F3N3O3/c1-23(2,3)33-22(32)30-13-11-29(12-14-30)16-17-7-9-20(10-8-17)28-21(31)18-5-4-6-19(15-18)24(25,26)27/h4-10,15H,11-14,16H2,1-3H3,(H,28,31). The molecule has 2 aromatic carbocycles. The summed E-state index contributed by atoms with van der Waals surface area (Å²) in [5.41, 5.74) is 0.0784. The molecule has 1 aliphatic heterocycles. The lowest BCUT2D eigenvalue weighted by atomic mass is 10.1. The number of hydrogen-bond donors (Lipinski definition) is 1. The average molecular weight is 464 g/mol. The number of alkyl halides is 3. The Balaban J connectivity index is 1.51. The molecule has 2 amide bonds. The molecule has 1 saturated heterocycles. The predicted octanol–water partition coefficient (Wildman–Crippen LogP) is 5.01. The summed E-state index contributed by atoms with van der Waals surface area (Å²) >= 11 is 0.